The topological polar surface area (TPSA) is 39.1 Å². The van der Waals surface area contributed by atoms with Gasteiger partial charge in [-0.2, -0.15) is 0 Å². The van der Waals surface area contributed by atoms with Crippen LogP contribution >= 0.6 is 23.2 Å². The maximum Gasteiger partial charge on any atom is 0.167 e. The molecule has 3 aromatic rings. The third-order valence-corrected chi connectivity index (χ3v) is 4.19. The highest BCUT2D eigenvalue weighted by Gasteiger charge is 2.23. The fourth-order valence-electron chi connectivity index (χ4n) is 2.55. The number of rotatable bonds is 4. The molecule has 0 aliphatic heterocycles. The summed E-state index contributed by atoms with van der Waals surface area (Å²) in [7, 11) is 0. The molecule has 3 rings (SSSR count). The summed E-state index contributed by atoms with van der Waals surface area (Å²) in [5.41, 5.74) is 2.55. The Labute approximate surface area is 143 Å². The second-order valence-corrected chi connectivity index (χ2v) is 5.67. The van der Waals surface area contributed by atoms with Crippen molar-refractivity contribution in [2.75, 3.05) is 0 Å². The van der Waals surface area contributed by atoms with Crippen LogP contribution in [0.3, 0.4) is 0 Å². The fraction of sp³-hybridized carbons (Fsp3) is 0. The quantitative estimate of drug-likeness (QED) is 0.620. The van der Waals surface area contributed by atoms with E-state index in [0.29, 0.717) is 34.5 Å². The van der Waals surface area contributed by atoms with Gasteiger partial charge in [-0.3, -0.25) is 14.2 Å². The van der Waals surface area contributed by atoms with Gasteiger partial charge in [-0.25, -0.2) is 0 Å². The number of aldehydes is 2. The fourth-order valence-corrected chi connectivity index (χ4v) is 3.00. The third-order valence-electron chi connectivity index (χ3n) is 3.56. The molecule has 5 heteroatoms. The van der Waals surface area contributed by atoms with E-state index in [2.05, 4.69) is 0 Å². The van der Waals surface area contributed by atoms with Crippen LogP contribution < -0.4 is 0 Å². The molecule has 0 aliphatic carbocycles. The average Bonchev–Trinajstić information content (AvgIpc) is 2.88. The molecule has 2 aromatic carbocycles. The van der Waals surface area contributed by atoms with Crippen molar-refractivity contribution in [2.24, 2.45) is 0 Å². The lowest BCUT2D eigenvalue weighted by atomic mass is 10.0. The van der Waals surface area contributed by atoms with Crippen molar-refractivity contribution in [3.8, 4) is 16.8 Å². The predicted molar refractivity (Wildman–Crippen MR) is 92.0 cm³/mol. The molecule has 114 valence electrons. The van der Waals surface area contributed by atoms with Crippen LogP contribution in [0.15, 0.2) is 54.6 Å². The Balaban J connectivity index is 2.34. The lowest BCUT2D eigenvalue weighted by Crippen LogP contribution is -2.00. The first-order valence-corrected chi connectivity index (χ1v) is 7.59. The molecule has 0 saturated carbocycles. The first-order valence-electron chi connectivity index (χ1n) is 6.83. The molecule has 3 nitrogen and oxygen atoms in total. The van der Waals surface area contributed by atoms with E-state index >= 15 is 0 Å². The zero-order valence-corrected chi connectivity index (χ0v) is 13.4. The highest BCUT2D eigenvalue weighted by Crippen LogP contribution is 2.36. The van der Waals surface area contributed by atoms with Gasteiger partial charge in [0.2, 0.25) is 0 Å². The number of benzene rings is 2. The molecule has 0 N–H and O–H groups in total. The number of hydrogen-bond donors (Lipinski definition) is 0. The summed E-state index contributed by atoms with van der Waals surface area (Å²) in [6.45, 7) is 0. The first-order chi connectivity index (χ1) is 11.2. The van der Waals surface area contributed by atoms with Gasteiger partial charge in [0.25, 0.3) is 0 Å². The maximum absolute atomic E-state index is 11.7. The van der Waals surface area contributed by atoms with Crippen LogP contribution in [0.25, 0.3) is 16.8 Å². The molecule has 1 aromatic heterocycles. The summed E-state index contributed by atoms with van der Waals surface area (Å²) in [5, 5.41) is 0.770. The molecule has 0 fully saturated rings. The minimum Gasteiger partial charge on any atom is -0.298 e. The molecule has 0 radical (unpaired) electrons. The standard InChI is InChI=1S/C18H11Cl2NO2/c19-13-6-8-14(9-7-13)21-16(11-23)17(15(10-22)18(21)20)12-4-2-1-3-5-12/h1-11H. The summed E-state index contributed by atoms with van der Waals surface area (Å²) in [6, 6.07) is 16.1. The Kier molecular flexibility index (Phi) is 4.33. The van der Waals surface area contributed by atoms with Crippen LogP contribution in [0.1, 0.15) is 20.8 Å². The van der Waals surface area contributed by atoms with Crippen molar-refractivity contribution in [2.45, 2.75) is 0 Å². The Morgan fingerprint density at radius 3 is 2.04 bits per heavy atom. The number of carbonyl (C=O) groups is 2. The van der Waals surface area contributed by atoms with E-state index in [0.717, 1.165) is 5.56 Å². The molecular formula is C18H11Cl2NO2. The van der Waals surface area contributed by atoms with Gasteiger partial charge in [0.05, 0.1) is 11.3 Å². The molecule has 0 amide bonds. The molecule has 23 heavy (non-hydrogen) atoms. The van der Waals surface area contributed by atoms with Crippen LogP contribution in [0, 0.1) is 0 Å². The maximum atomic E-state index is 11.7. The third kappa shape index (κ3) is 2.69. The summed E-state index contributed by atoms with van der Waals surface area (Å²) < 4.78 is 1.55. The number of halogens is 2. The second-order valence-electron chi connectivity index (χ2n) is 4.88. The Hall–Kier alpha value is -2.36. The van der Waals surface area contributed by atoms with Crippen LogP contribution in [-0.4, -0.2) is 17.1 Å². The molecule has 0 bridgehead atoms. The van der Waals surface area contributed by atoms with Gasteiger partial charge in [0.1, 0.15) is 5.15 Å². The minimum absolute atomic E-state index is 0.197. The number of nitrogens with zero attached hydrogens (tertiary/aromatic N) is 1. The van der Waals surface area contributed by atoms with Gasteiger partial charge in [0.15, 0.2) is 12.6 Å². The number of aromatic nitrogens is 1. The zero-order valence-electron chi connectivity index (χ0n) is 11.9. The molecule has 0 unspecified atom stereocenters. The zero-order chi connectivity index (χ0) is 16.4. The van der Waals surface area contributed by atoms with E-state index < -0.39 is 0 Å². The van der Waals surface area contributed by atoms with E-state index in [-0.39, 0.29) is 10.7 Å². The van der Waals surface area contributed by atoms with Crippen molar-refractivity contribution in [3.05, 3.63) is 76.0 Å². The minimum atomic E-state index is 0.197. The largest absolute Gasteiger partial charge is 0.298 e. The Bertz CT molecular complexity index is 868. The van der Waals surface area contributed by atoms with Gasteiger partial charge in [-0.15, -0.1) is 0 Å². The van der Waals surface area contributed by atoms with E-state index in [9.17, 15) is 9.59 Å². The van der Waals surface area contributed by atoms with Gasteiger partial charge in [-0.05, 0) is 29.8 Å². The summed E-state index contributed by atoms with van der Waals surface area (Å²) in [6.07, 6.45) is 1.37. The van der Waals surface area contributed by atoms with E-state index in [1.807, 2.05) is 30.3 Å². The van der Waals surface area contributed by atoms with Crippen molar-refractivity contribution >= 4 is 35.8 Å². The monoisotopic (exact) mass is 343 g/mol. The number of hydrogen-bond acceptors (Lipinski definition) is 2. The van der Waals surface area contributed by atoms with Crippen molar-refractivity contribution < 1.29 is 9.59 Å². The average molecular weight is 344 g/mol. The molecular weight excluding hydrogens is 333 g/mol. The summed E-state index contributed by atoms with van der Waals surface area (Å²) in [4.78, 5) is 23.3. The van der Waals surface area contributed by atoms with Crippen LogP contribution in [0.4, 0.5) is 0 Å². The van der Waals surface area contributed by atoms with Gasteiger partial charge in [-0.1, -0.05) is 53.5 Å². The number of carbonyl (C=O) groups excluding carboxylic acids is 2. The Morgan fingerprint density at radius 1 is 0.826 bits per heavy atom. The van der Waals surface area contributed by atoms with Gasteiger partial charge >= 0.3 is 0 Å². The molecule has 1 heterocycles. The van der Waals surface area contributed by atoms with Crippen LogP contribution in [0.2, 0.25) is 10.2 Å². The first kappa shape index (κ1) is 15.5. The SMILES string of the molecule is O=Cc1c(-c2ccccc2)c(C=O)n(-c2ccc(Cl)cc2)c1Cl. The smallest absolute Gasteiger partial charge is 0.167 e. The normalized spacial score (nSPS) is 10.5. The van der Waals surface area contributed by atoms with Crippen molar-refractivity contribution in [3.63, 3.8) is 0 Å². The van der Waals surface area contributed by atoms with Crippen molar-refractivity contribution in [1.82, 2.24) is 4.57 Å². The molecule has 0 spiro atoms. The van der Waals surface area contributed by atoms with Gasteiger partial charge in [0, 0.05) is 16.3 Å². The second kappa shape index (κ2) is 6.41. The molecule has 0 saturated heterocycles. The van der Waals surface area contributed by atoms with Gasteiger partial charge < -0.3 is 0 Å². The summed E-state index contributed by atoms with van der Waals surface area (Å²) in [5.74, 6) is 0. The van der Waals surface area contributed by atoms with E-state index in [1.54, 1.807) is 28.8 Å². The van der Waals surface area contributed by atoms with Crippen LogP contribution in [0.5, 0.6) is 0 Å². The lowest BCUT2D eigenvalue weighted by molar-refractivity contribution is 0.111. The summed E-state index contributed by atoms with van der Waals surface area (Å²) >= 11 is 12.3. The van der Waals surface area contributed by atoms with Crippen molar-refractivity contribution in [1.29, 1.82) is 0 Å². The highest BCUT2D eigenvalue weighted by molar-refractivity contribution is 6.34. The van der Waals surface area contributed by atoms with E-state index in [1.165, 1.54) is 0 Å². The Morgan fingerprint density at radius 2 is 1.48 bits per heavy atom. The lowest BCUT2D eigenvalue weighted by Gasteiger charge is -2.08. The highest BCUT2D eigenvalue weighted by atomic mass is 35.5. The predicted octanol–water partition coefficient (Wildman–Crippen LogP) is 5.08. The molecule has 0 atom stereocenters. The van der Waals surface area contributed by atoms with E-state index in [4.69, 9.17) is 23.2 Å². The molecule has 0 aliphatic rings. The van der Waals surface area contributed by atoms with Crippen LogP contribution in [-0.2, 0) is 0 Å².